The molecule has 1 N–H and O–H groups in total. The van der Waals surface area contributed by atoms with Crippen molar-refractivity contribution in [1.82, 2.24) is 4.98 Å². The molecule has 0 bridgehead atoms. The zero-order chi connectivity index (χ0) is 10.6. The highest BCUT2D eigenvalue weighted by Gasteiger charge is 2.09. The molecule has 0 spiro atoms. The average molecular weight is 215 g/mol. The molecule has 0 saturated carbocycles. The molecule has 0 aromatic carbocycles. The highest BCUT2D eigenvalue weighted by Crippen LogP contribution is 2.18. The van der Waals surface area contributed by atoms with E-state index in [1.807, 2.05) is 6.07 Å². The summed E-state index contributed by atoms with van der Waals surface area (Å²) in [7, 11) is 0. The third-order valence-electron chi connectivity index (χ3n) is 2.01. The number of rotatable bonds is 4. The summed E-state index contributed by atoms with van der Waals surface area (Å²) >= 11 is 5.79. The van der Waals surface area contributed by atoms with Crippen LogP contribution in [0.5, 0.6) is 0 Å². The number of hydrogen-bond acceptors (Lipinski definition) is 3. The van der Waals surface area contributed by atoms with Gasteiger partial charge < -0.3 is 10.0 Å². The second-order valence-electron chi connectivity index (χ2n) is 3.35. The minimum absolute atomic E-state index is 0.137. The van der Waals surface area contributed by atoms with Gasteiger partial charge in [-0.2, -0.15) is 0 Å². The highest BCUT2D eigenvalue weighted by molar-refractivity contribution is 6.29. The molecule has 1 heterocycles. The molecule has 0 fully saturated rings. The van der Waals surface area contributed by atoms with Gasteiger partial charge in [-0.15, -0.1) is 0 Å². The van der Waals surface area contributed by atoms with E-state index >= 15 is 0 Å². The Balaban J connectivity index is 2.87. The molecule has 1 rings (SSSR count). The van der Waals surface area contributed by atoms with Crippen LogP contribution in [0.1, 0.15) is 13.8 Å². The van der Waals surface area contributed by atoms with Gasteiger partial charge in [-0.1, -0.05) is 11.6 Å². The fraction of sp³-hybridized carbons (Fsp3) is 0.500. The Morgan fingerprint density at radius 3 is 2.79 bits per heavy atom. The molecule has 14 heavy (non-hydrogen) atoms. The predicted molar refractivity (Wildman–Crippen MR) is 58.8 cm³/mol. The molecule has 78 valence electrons. The molecular weight excluding hydrogens is 200 g/mol. The van der Waals surface area contributed by atoms with E-state index in [0.29, 0.717) is 17.7 Å². The quantitative estimate of drug-likeness (QED) is 0.779. The van der Waals surface area contributed by atoms with E-state index in [4.69, 9.17) is 16.7 Å². The van der Waals surface area contributed by atoms with E-state index < -0.39 is 0 Å². The van der Waals surface area contributed by atoms with Gasteiger partial charge in [0.2, 0.25) is 0 Å². The van der Waals surface area contributed by atoms with E-state index in [1.54, 1.807) is 12.3 Å². The molecular formula is C10H15ClN2O. The maximum atomic E-state index is 8.93. The van der Waals surface area contributed by atoms with Crippen LogP contribution in [-0.2, 0) is 0 Å². The summed E-state index contributed by atoms with van der Waals surface area (Å²) in [6.07, 6.45) is 1.67. The van der Waals surface area contributed by atoms with Crippen LogP contribution in [0, 0.1) is 0 Å². The van der Waals surface area contributed by atoms with Gasteiger partial charge in [-0.3, -0.25) is 0 Å². The molecule has 0 atom stereocenters. The van der Waals surface area contributed by atoms with Gasteiger partial charge in [0.15, 0.2) is 0 Å². The first kappa shape index (κ1) is 11.3. The van der Waals surface area contributed by atoms with Crippen LogP contribution in [0.25, 0.3) is 0 Å². The van der Waals surface area contributed by atoms with E-state index in [9.17, 15) is 0 Å². The zero-order valence-electron chi connectivity index (χ0n) is 8.44. The van der Waals surface area contributed by atoms with Gasteiger partial charge in [-0.05, 0) is 26.0 Å². The zero-order valence-corrected chi connectivity index (χ0v) is 9.20. The lowest BCUT2D eigenvalue weighted by molar-refractivity contribution is 0.299. The Kier molecular flexibility index (Phi) is 4.17. The third kappa shape index (κ3) is 2.86. The van der Waals surface area contributed by atoms with E-state index in [2.05, 4.69) is 23.7 Å². The predicted octanol–water partition coefficient (Wildman–Crippen LogP) is 1.94. The largest absolute Gasteiger partial charge is 0.395 e. The van der Waals surface area contributed by atoms with Crippen LogP contribution in [-0.4, -0.2) is 29.3 Å². The number of aliphatic hydroxyl groups excluding tert-OH is 1. The van der Waals surface area contributed by atoms with Gasteiger partial charge >= 0.3 is 0 Å². The van der Waals surface area contributed by atoms with Gasteiger partial charge in [0, 0.05) is 24.5 Å². The molecule has 1 aromatic heterocycles. The maximum Gasteiger partial charge on any atom is 0.131 e. The second-order valence-corrected chi connectivity index (χ2v) is 3.73. The molecule has 0 aliphatic heterocycles. The topological polar surface area (TPSA) is 36.4 Å². The molecule has 1 aromatic rings. The minimum Gasteiger partial charge on any atom is -0.395 e. The molecule has 3 nitrogen and oxygen atoms in total. The van der Waals surface area contributed by atoms with E-state index in [-0.39, 0.29) is 6.61 Å². The smallest absolute Gasteiger partial charge is 0.131 e. The number of halogens is 1. The molecule has 4 heteroatoms. The minimum atomic E-state index is 0.137. The number of aromatic nitrogens is 1. The molecule has 0 aliphatic carbocycles. The number of anilines is 1. The molecule has 0 amide bonds. The third-order valence-corrected chi connectivity index (χ3v) is 2.21. The van der Waals surface area contributed by atoms with Crippen LogP contribution >= 0.6 is 11.6 Å². The van der Waals surface area contributed by atoms with Crippen LogP contribution in [0.2, 0.25) is 5.15 Å². The van der Waals surface area contributed by atoms with Crippen molar-refractivity contribution in [1.29, 1.82) is 0 Å². The molecule has 0 unspecified atom stereocenters. The summed E-state index contributed by atoms with van der Waals surface area (Å²) in [6, 6.07) is 4.03. The summed E-state index contributed by atoms with van der Waals surface area (Å²) in [5.74, 6) is 0. The second kappa shape index (κ2) is 5.17. The maximum absolute atomic E-state index is 8.93. The van der Waals surface area contributed by atoms with Crippen LogP contribution < -0.4 is 4.90 Å². The van der Waals surface area contributed by atoms with Gasteiger partial charge in [-0.25, -0.2) is 4.98 Å². The van der Waals surface area contributed by atoms with Crippen LogP contribution in [0.15, 0.2) is 18.3 Å². The average Bonchev–Trinajstić information content (AvgIpc) is 2.13. The van der Waals surface area contributed by atoms with Crippen LogP contribution in [0.3, 0.4) is 0 Å². The van der Waals surface area contributed by atoms with Crippen molar-refractivity contribution in [2.75, 3.05) is 18.1 Å². The normalized spacial score (nSPS) is 10.6. The number of hydrogen-bond donors (Lipinski definition) is 1. The van der Waals surface area contributed by atoms with Gasteiger partial charge in [0.1, 0.15) is 5.15 Å². The fourth-order valence-electron chi connectivity index (χ4n) is 1.36. The summed E-state index contributed by atoms with van der Waals surface area (Å²) in [6.45, 7) is 4.89. The lowest BCUT2D eigenvalue weighted by Gasteiger charge is -2.28. The van der Waals surface area contributed by atoms with Crippen LogP contribution in [0.4, 0.5) is 5.69 Å². The summed E-state index contributed by atoms with van der Waals surface area (Å²) in [5.41, 5.74) is 0.994. The van der Waals surface area contributed by atoms with E-state index in [1.165, 1.54) is 0 Å². The Morgan fingerprint density at radius 1 is 1.57 bits per heavy atom. The summed E-state index contributed by atoms with van der Waals surface area (Å²) < 4.78 is 0. The first-order chi connectivity index (χ1) is 6.65. The van der Waals surface area contributed by atoms with Gasteiger partial charge in [0.25, 0.3) is 0 Å². The van der Waals surface area contributed by atoms with Crippen molar-refractivity contribution in [3.05, 3.63) is 23.5 Å². The van der Waals surface area contributed by atoms with Crippen molar-refractivity contribution in [2.24, 2.45) is 0 Å². The highest BCUT2D eigenvalue weighted by atomic mass is 35.5. The fourth-order valence-corrected chi connectivity index (χ4v) is 1.53. The Labute approximate surface area is 89.3 Å². The lowest BCUT2D eigenvalue weighted by Crippen LogP contribution is -2.33. The molecule has 0 saturated heterocycles. The van der Waals surface area contributed by atoms with E-state index in [0.717, 1.165) is 5.69 Å². The Morgan fingerprint density at radius 2 is 2.29 bits per heavy atom. The number of pyridine rings is 1. The van der Waals surface area contributed by atoms with Crippen molar-refractivity contribution < 1.29 is 5.11 Å². The van der Waals surface area contributed by atoms with Crippen molar-refractivity contribution in [2.45, 2.75) is 19.9 Å². The first-order valence-corrected chi connectivity index (χ1v) is 5.02. The Hall–Kier alpha value is -0.800. The Bertz CT molecular complexity index is 291. The number of aliphatic hydroxyl groups is 1. The summed E-state index contributed by atoms with van der Waals surface area (Å²) in [4.78, 5) is 5.99. The summed E-state index contributed by atoms with van der Waals surface area (Å²) in [5, 5.41) is 9.40. The number of nitrogens with zero attached hydrogens (tertiary/aromatic N) is 2. The monoisotopic (exact) mass is 214 g/mol. The molecule has 0 aliphatic rings. The van der Waals surface area contributed by atoms with Crippen molar-refractivity contribution in [3.8, 4) is 0 Å². The standard InChI is InChI=1S/C10H15ClN2O/c1-8(2)13(5-6-14)9-3-4-12-10(11)7-9/h3-4,7-8,14H,5-6H2,1-2H3. The SMILES string of the molecule is CC(C)N(CCO)c1ccnc(Cl)c1. The molecule has 0 radical (unpaired) electrons. The van der Waals surface area contributed by atoms with Gasteiger partial charge in [0.05, 0.1) is 6.61 Å². The lowest BCUT2D eigenvalue weighted by atomic mass is 10.2. The first-order valence-electron chi connectivity index (χ1n) is 4.64. The van der Waals surface area contributed by atoms with Crippen molar-refractivity contribution in [3.63, 3.8) is 0 Å². The van der Waals surface area contributed by atoms with Crippen molar-refractivity contribution >= 4 is 17.3 Å².